The van der Waals surface area contributed by atoms with E-state index in [1.165, 1.54) is 5.56 Å². The van der Waals surface area contributed by atoms with Crippen LogP contribution >= 0.6 is 0 Å². The second-order valence-electron chi connectivity index (χ2n) is 7.00. The van der Waals surface area contributed by atoms with Gasteiger partial charge in [0.15, 0.2) is 0 Å². The second-order valence-corrected chi connectivity index (χ2v) is 7.00. The summed E-state index contributed by atoms with van der Waals surface area (Å²) in [7, 11) is 0. The average Bonchev–Trinajstić information content (AvgIpc) is 2.62. The van der Waals surface area contributed by atoms with Crippen LogP contribution in [0.1, 0.15) is 25.8 Å². The van der Waals surface area contributed by atoms with Crippen LogP contribution in [0.2, 0.25) is 0 Å². The molecule has 1 aromatic carbocycles. The Bertz CT molecular complexity index is 608. The molecule has 0 bridgehead atoms. The molecule has 1 atom stereocenters. The molecule has 0 spiro atoms. The third kappa shape index (κ3) is 6.52. The molecule has 1 saturated heterocycles. The monoisotopic (exact) mass is 359 g/mol. The van der Waals surface area contributed by atoms with Gasteiger partial charge in [-0.2, -0.15) is 0 Å². The third-order valence-corrected chi connectivity index (χ3v) is 4.64. The van der Waals surface area contributed by atoms with Crippen molar-refractivity contribution < 1.29 is 14.7 Å². The largest absolute Gasteiger partial charge is 0.481 e. The molecule has 0 radical (unpaired) electrons. The zero-order chi connectivity index (χ0) is 18.9. The van der Waals surface area contributed by atoms with Crippen LogP contribution in [0, 0.1) is 5.92 Å². The number of carbonyl (C=O) groups is 2. The molecule has 142 valence electrons. The van der Waals surface area contributed by atoms with Gasteiger partial charge in [-0.15, -0.1) is 0 Å². The lowest BCUT2D eigenvalue weighted by atomic mass is 10.0. The number of hydrogen-bond donors (Lipinski definition) is 2. The quantitative estimate of drug-likeness (QED) is 0.785. The first-order valence-electron chi connectivity index (χ1n) is 9.17. The van der Waals surface area contributed by atoms with E-state index in [2.05, 4.69) is 34.5 Å². The summed E-state index contributed by atoms with van der Waals surface area (Å²) in [5.41, 5.74) is 1.18. The van der Waals surface area contributed by atoms with Crippen LogP contribution in [0.15, 0.2) is 36.4 Å². The van der Waals surface area contributed by atoms with Crippen molar-refractivity contribution in [2.45, 2.75) is 26.3 Å². The Balaban J connectivity index is 1.75. The predicted molar refractivity (Wildman–Crippen MR) is 103 cm³/mol. The molecule has 1 aliphatic rings. The van der Waals surface area contributed by atoms with Crippen molar-refractivity contribution in [1.82, 2.24) is 15.1 Å². The molecule has 1 aromatic rings. The SMILES string of the molecule is CC(C)C(CC(=O)O)NC(=O)N1CCN(CC=Cc2ccccc2)CC1. The first kappa shape index (κ1) is 20.0. The van der Waals surface area contributed by atoms with E-state index in [-0.39, 0.29) is 24.4 Å². The lowest BCUT2D eigenvalue weighted by Gasteiger charge is -2.35. The Morgan fingerprint density at radius 3 is 2.38 bits per heavy atom. The Hall–Kier alpha value is -2.34. The summed E-state index contributed by atoms with van der Waals surface area (Å²) >= 11 is 0. The van der Waals surface area contributed by atoms with Crippen molar-refractivity contribution in [3.63, 3.8) is 0 Å². The number of carbonyl (C=O) groups excluding carboxylic acids is 1. The molecular formula is C20H29N3O3. The molecule has 26 heavy (non-hydrogen) atoms. The van der Waals surface area contributed by atoms with E-state index < -0.39 is 5.97 Å². The van der Waals surface area contributed by atoms with Crippen LogP contribution in [-0.4, -0.2) is 65.7 Å². The van der Waals surface area contributed by atoms with Gasteiger partial charge in [0.25, 0.3) is 0 Å². The molecule has 2 rings (SSSR count). The van der Waals surface area contributed by atoms with Gasteiger partial charge in [-0.3, -0.25) is 9.69 Å². The Morgan fingerprint density at radius 1 is 1.15 bits per heavy atom. The molecular weight excluding hydrogens is 330 g/mol. The van der Waals surface area contributed by atoms with Crippen LogP contribution < -0.4 is 5.32 Å². The van der Waals surface area contributed by atoms with Gasteiger partial charge in [0.05, 0.1) is 6.42 Å². The Kier molecular flexibility index (Phi) is 7.66. The Labute approximate surface area is 155 Å². The molecule has 0 aromatic heterocycles. The standard InChI is InChI=1S/C20H29N3O3/c1-16(2)18(15-19(24)25)21-20(26)23-13-11-22(12-14-23)10-6-9-17-7-4-3-5-8-17/h3-9,16,18H,10-15H2,1-2H3,(H,21,26)(H,24,25). The minimum atomic E-state index is -0.890. The minimum Gasteiger partial charge on any atom is -0.481 e. The molecule has 6 nitrogen and oxygen atoms in total. The van der Waals surface area contributed by atoms with Crippen molar-refractivity contribution in [3.05, 3.63) is 42.0 Å². The maximum atomic E-state index is 12.4. The number of carboxylic acids is 1. The summed E-state index contributed by atoms with van der Waals surface area (Å²) in [6.07, 6.45) is 4.21. The fraction of sp³-hybridized carbons (Fsp3) is 0.500. The van der Waals surface area contributed by atoms with Crippen LogP contribution in [0.3, 0.4) is 0 Å². The van der Waals surface area contributed by atoms with E-state index in [0.29, 0.717) is 13.1 Å². The maximum absolute atomic E-state index is 12.4. The van der Waals surface area contributed by atoms with Crippen molar-refractivity contribution in [2.75, 3.05) is 32.7 Å². The van der Waals surface area contributed by atoms with E-state index in [1.54, 1.807) is 4.90 Å². The van der Waals surface area contributed by atoms with Crippen molar-refractivity contribution in [2.24, 2.45) is 5.92 Å². The van der Waals surface area contributed by atoms with Crippen molar-refractivity contribution in [3.8, 4) is 0 Å². The van der Waals surface area contributed by atoms with Crippen LogP contribution in [0.25, 0.3) is 6.08 Å². The number of amides is 2. The lowest BCUT2D eigenvalue weighted by molar-refractivity contribution is -0.137. The number of nitrogens with zero attached hydrogens (tertiary/aromatic N) is 2. The summed E-state index contributed by atoms with van der Waals surface area (Å²) in [4.78, 5) is 27.4. The van der Waals surface area contributed by atoms with E-state index in [9.17, 15) is 9.59 Å². The number of nitrogens with one attached hydrogen (secondary N) is 1. The van der Waals surface area contributed by atoms with E-state index in [4.69, 9.17) is 5.11 Å². The lowest BCUT2D eigenvalue weighted by Crippen LogP contribution is -2.54. The van der Waals surface area contributed by atoms with Crippen LogP contribution in [-0.2, 0) is 4.79 Å². The first-order valence-corrected chi connectivity index (χ1v) is 9.17. The first-order chi connectivity index (χ1) is 12.5. The fourth-order valence-corrected chi connectivity index (χ4v) is 2.93. The zero-order valence-corrected chi connectivity index (χ0v) is 15.6. The molecule has 2 N–H and O–H groups in total. The van der Waals surface area contributed by atoms with E-state index >= 15 is 0 Å². The number of hydrogen-bond acceptors (Lipinski definition) is 3. The van der Waals surface area contributed by atoms with Crippen LogP contribution in [0.5, 0.6) is 0 Å². The number of carboxylic acid groups (broad SMARTS) is 1. The molecule has 0 aliphatic carbocycles. The second kappa shape index (κ2) is 9.97. The highest BCUT2D eigenvalue weighted by Crippen LogP contribution is 2.09. The fourth-order valence-electron chi connectivity index (χ4n) is 2.93. The number of piperazine rings is 1. The normalized spacial score (nSPS) is 16.8. The highest BCUT2D eigenvalue weighted by molar-refractivity contribution is 5.76. The van der Waals surface area contributed by atoms with Crippen LogP contribution in [0.4, 0.5) is 4.79 Å². The van der Waals surface area contributed by atoms with Gasteiger partial charge in [0.2, 0.25) is 0 Å². The molecule has 0 saturated carbocycles. The predicted octanol–water partition coefficient (Wildman–Crippen LogP) is 2.53. The zero-order valence-electron chi connectivity index (χ0n) is 15.6. The van der Waals surface area contributed by atoms with Crippen molar-refractivity contribution in [1.29, 1.82) is 0 Å². The van der Waals surface area contributed by atoms with Gasteiger partial charge < -0.3 is 15.3 Å². The smallest absolute Gasteiger partial charge is 0.317 e. The summed E-state index contributed by atoms with van der Waals surface area (Å²) in [5.74, 6) is -0.807. The average molecular weight is 359 g/mol. The van der Waals surface area contributed by atoms with Gasteiger partial charge in [-0.1, -0.05) is 56.3 Å². The third-order valence-electron chi connectivity index (χ3n) is 4.64. The van der Waals surface area contributed by atoms with Crippen molar-refractivity contribution >= 4 is 18.1 Å². The molecule has 6 heteroatoms. The van der Waals surface area contributed by atoms with Gasteiger partial charge in [-0.25, -0.2) is 4.79 Å². The van der Waals surface area contributed by atoms with Gasteiger partial charge >= 0.3 is 12.0 Å². The molecule has 1 fully saturated rings. The maximum Gasteiger partial charge on any atom is 0.317 e. The van der Waals surface area contributed by atoms with E-state index in [0.717, 1.165) is 19.6 Å². The summed E-state index contributed by atoms with van der Waals surface area (Å²) < 4.78 is 0. The van der Waals surface area contributed by atoms with E-state index in [1.807, 2.05) is 32.0 Å². The number of aliphatic carboxylic acids is 1. The number of rotatable bonds is 7. The number of urea groups is 1. The van der Waals surface area contributed by atoms with Gasteiger partial charge in [0.1, 0.15) is 0 Å². The minimum absolute atomic E-state index is 0.0480. The topological polar surface area (TPSA) is 72.9 Å². The van der Waals surface area contributed by atoms with Gasteiger partial charge in [0, 0.05) is 38.8 Å². The highest BCUT2D eigenvalue weighted by atomic mass is 16.4. The molecule has 1 heterocycles. The summed E-state index contributed by atoms with van der Waals surface area (Å²) in [6, 6.07) is 9.68. The Morgan fingerprint density at radius 2 is 1.81 bits per heavy atom. The molecule has 2 amide bonds. The number of benzene rings is 1. The summed E-state index contributed by atoms with van der Waals surface area (Å²) in [6.45, 7) is 7.65. The molecule has 1 aliphatic heterocycles. The summed E-state index contributed by atoms with van der Waals surface area (Å²) in [5, 5.41) is 11.8. The highest BCUT2D eigenvalue weighted by Gasteiger charge is 2.25. The van der Waals surface area contributed by atoms with Gasteiger partial charge in [-0.05, 0) is 11.5 Å². The molecule has 1 unspecified atom stereocenters.